The number of unbranched alkanes of at least 4 members (excludes halogenated alkanes) is 1. The van der Waals surface area contributed by atoms with E-state index < -0.39 is 29.5 Å². The molecule has 1 N–H and O–H groups in total. The van der Waals surface area contributed by atoms with Crippen LogP contribution < -0.4 is 0 Å². The van der Waals surface area contributed by atoms with E-state index in [2.05, 4.69) is 35.2 Å². The van der Waals surface area contributed by atoms with Gasteiger partial charge in [-0.3, -0.25) is 9.59 Å². The normalized spacial score (nSPS) is 17.5. The number of aliphatic hydroxyl groups excluding tert-OH is 1. The van der Waals surface area contributed by atoms with Crippen LogP contribution in [0.5, 0.6) is 0 Å². The number of rotatable bonds is 16. The predicted octanol–water partition coefficient (Wildman–Crippen LogP) is 6.19. The van der Waals surface area contributed by atoms with E-state index in [0.29, 0.717) is 6.42 Å². The maximum Gasteiger partial charge on any atom is 0.309 e. The van der Waals surface area contributed by atoms with Gasteiger partial charge in [0.25, 0.3) is 0 Å². The fourth-order valence-electron chi connectivity index (χ4n) is 3.83. The van der Waals surface area contributed by atoms with Crippen LogP contribution in [-0.4, -0.2) is 42.3 Å². The molecule has 0 aromatic rings. The number of hydrogen-bond acceptors (Lipinski definition) is 5. The Morgan fingerprint density at radius 1 is 1.25 bits per heavy atom. The summed E-state index contributed by atoms with van der Waals surface area (Å²) >= 11 is 2.12. The first-order chi connectivity index (χ1) is 15.0. The Balaban J connectivity index is 5.20. The van der Waals surface area contributed by atoms with Crippen molar-refractivity contribution in [1.29, 1.82) is 0 Å². The van der Waals surface area contributed by atoms with E-state index in [1.54, 1.807) is 26.8 Å². The Kier molecular flexibility index (Phi) is 15.3. The van der Waals surface area contributed by atoms with Crippen LogP contribution in [-0.2, 0) is 19.1 Å². The van der Waals surface area contributed by atoms with Gasteiger partial charge in [-0.05, 0) is 48.7 Å². The molecule has 0 saturated heterocycles. The van der Waals surface area contributed by atoms with Crippen molar-refractivity contribution in [2.75, 3.05) is 7.11 Å². The molecule has 0 heterocycles. The lowest BCUT2D eigenvalue weighted by atomic mass is 9.73. The molecule has 0 aliphatic rings. The summed E-state index contributed by atoms with van der Waals surface area (Å²) in [6.45, 7) is 14.9. The van der Waals surface area contributed by atoms with Gasteiger partial charge in [0, 0.05) is 19.4 Å². The maximum atomic E-state index is 13.3. The number of aliphatic hydroxyl groups is 1. The summed E-state index contributed by atoms with van der Waals surface area (Å²) in [6, 6.07) is 0. The van der Waals surface area contributed by atoms with Gasteiger partial charge in [-0.15, -0.1) is 6.58 Å². The number of allylic oxidation sites excluding steroid dienone is 2. The predicted molar refractivity (Wildman–Crippen MR) is 140 cm³/mol. The van der Waals surface area contributed by atoms with Gasteiger partial charge >= 0.3 is 5.97 Å². The summed E-state index contributed by atoms with van der Waals surface area (Å²) in [5.41, 5.74) is -0.0238. The van der Waals surface area contributed by atoms with E-state index in [4.69, 9.17) is 9.47 Å². The van der Waals surface area contributed by atoms with Crippen LogP contribution in [0, 0.1) is 17.3 Å². The number of carbonyl (C=O) groups is 2. The molecule has 0 spiro atoms. The third-order valence-corrected chi connectivity index (χ3v) is 7.17. The van der Waals surface area contributed by atoms with E-state index >= 15 is 0 Å². The highest BCUT2D eigenvalue weighted by atomic mass is 127. The van der Waals surface area contributed by atoms with Crippen LogP contribution in [0.15, 0.2) is 34.5 Å². The highest BCUT2D eigenvalue weighted by Crippen LogP contribution is 2.33. The topological polar surface area (TPSA) is 72.8 Å². The highest BCUT2D eigenvalue weighted by molar-refractivity contribution is 14.1. The second-order valence-corrected chi connectivity index (χ2v) is 9.75. The number of carbonyl (C=O) groups excluding carboxylic acids is 2. The van der Waals surface area contributed by atoms with Crippen molar-refractivity contribution in [3.8, 4) is 0 Å². The molecule has 0 aromatic heterocycles. The van der Waals surface area contributed by atoms with Gasteiger partial charge in [-0.1, -0.05) is 68.5 Å². The molecule has 0 radical (unpaired) electrons. The van der Waals surface area contributed by atoms with Crippen LogP contribution in [0.4, 0.5) is 0 Å². The SMILES string of the molecule is C=CCC(OC(=O)CC(OC)C(C)(C)C(=O)C(C)C(O)C(C)CCC/C=C\C)/C(C)=C/I. The summed E-state index contributed by atoms with van der Waals surface area (Å²) in [5.74, 6) is -1.10. The van der Waals surface area contributed by atoms with Crippen molar-refractivity contribution >= 4 is 34.3 Å². The van der Waals surface area contributed by atoms with E-state index in [9.17, 15) is 14.7 Å². The van der Waals surface area contributed by atoms with Crippen molar-refractivity contribution in [2.45, 2.75) is 92.0 Å². The fraction of sp³-hybridized carbons (Fsp3) is 0.692. The van der Waals surface area contributed by atoms with Crippen LogP contribution in [0.25, 0.3) is 0 Å². The quantitative estimate of drug-likeness (QED) is 0.105. The third-order valence-electron chi connectivity index (χ3n) is 6.19. The number of methoxy groups -OCH3 is 1. The second-order valence-electron chi connectivity index (χ2n) is 9.13. The minimum atomic E-state index is -0.957. The molecule has 184 valence electrons. The molecule has 5 atom stereocenters. The first-order valence-corrected chi connectivity index (χ1v) is 12.7. The lowest BCUT2D eigenvalue weighted by Crippen LogP contribution is -2.46. The number of ketones is 1. The summed E-state index contributed by atoms with van der Waals surface area (Å²) in [6.07, 6.45) is 7.32. The van der Waals surface area contributed by atoms with Crippen molar-refractivity contribution in [1.82, 2.24) is 0 Å². The number of esters is 1. The number of ether oxygens (including phenoxy) is 2. The zero-order chi connectivity index (χ0) is 24.9. The highest BCUT2D eigenvalue weighted by Gasteiger charge is 2.43. The van der Waals surface area contributed by atoms with Crippen LogP contribution in [0.2, 0.25) is 0 Å². The van der Waals surface area contributed by atoms with Crippen molar-refractivity contribution in [3.63, 3.8) is 0 Å². The minimum Gasteiger partial charge on any atom is -0.457 e. The molecule has 0 rings (SSSR count). The zero-order valence-corrected chi connectivity index (χ0v) is 23.1. The molecule has 5 unspecified atom stereocenters. The van der Waals surface area contributed by atoms with Crippen molar-refractivity contribution < 1.29 is 24.2 Å². The zero-order valence-electron chi connectivity index (χ0n) is 20.9. The fourth-order valence-corrected chi connectivity index (χ4v) is 4.23. The van der Waals surface area contributed by atoms with E-state index in [1.807, 2.05) is 30.9 Å². The molecule has 0 aliphatic heterocycles. The molecule has 0 fully saturated rings. The molecule has 0 saturated carbocycles. The summed E-state index contributed by atoms with van der Waals surface area (Å²) in [7, 11) is 1.50. The Bertz CT molecular complexity index is 653. The largest absolute Gasteiger partial charge is 0.457 e. The lowest BCUT2D eigenvalue weighted by Gasteiger charge is -2.36. The first-order valence-electron chi connectivity index (χ1n) is 11.4. The van der Waals surface area contributed by atoms with Crippen LogP contribution >= 0.6 is 22.6 Å². The average molecular weight is 563 g/mol. The van der Waals surface area contributed by atoms with Gasteiger partial charge in [0.2, 0.25) is 0 Å². The molecular formula is C26H43IO5. The maximum absolute atomic E-state index is 13.3. The standard InChI is InChI=1S/C26H43IO5/c1-9-11-12-13-15-18(3)24(29)20(5)25(30)26(6,7)22(31-8)16-23(28)32-21(14-10-2)19(4)17-27/h9-11,17-18,20-22,24,29H,2,12-16H2,1,3-8H3/b11-9-,19-17+. The average Bonchev–Trinajstić information content (AvgIpc) is 2.77. The van der Waals surface area contributed by atoms with Gasteiger partial charge in [-0.25, -0.2) is 0 Å². The molecule has 32 heavy (non-hydrogen) atoms. The molecular weight excluding hydrogens is 519 g/mol. The molecule has 0 aromatic carbocycles. The Hall–Kier alpha value is -0.990. The van der Waals surface area contributed by atoms with Gasteiger partial charge < -0.3 is 14.6 Å². The molecule has 6 heteroatoms. The monoisotopic (exact) mass is 562 g/mol. The Labute approximate surface area is 208 Å². The van der Waals surface area contributed by atoms with Crippen molar-refractivity contribution in [2.24, 2.45) is 17.3 Å². The van der Waals surface area contributed by atoms with Crippen LogP contribution in [0.3, 0.4) is 0 Å². The second kappa shape index (κ2) is 15.8. The van der Waals surface area contributed by atoms with E-state index in [-0.39, 0.29) is 24.2 Å². The number of halogens is 1. The Morgan fingerprint density at radius 2 is 1.88 bits per heavy atom. The Morgan fingerprint density at radius 3 is 2.38 bits per heavy atom. The first kappa shape index (κ1) is 31.0. The van der Waals surface area contributed by atoms with E-state index in [0.717, 1.165) is 24.8 Å². The van der Waals surface area contributed by atoms with Gasteiger partial charge in [0.1, 0.15) is 11.9 Å². The van der Waals surface area contributed by atoms with Gasteiger partial charge in [0.15, 0.2) is 0 Å². The van der Waals surface area contributed by atoms with Gasteiger partial charge in [-0.2, -0.15) is 0 Å². The van der Waals surface area contributed by atoms with Crippen molar-refractivity contribution in [3.05, 3.63) is 34.5 Å². The smallest absolute Gasteiger partial charge is 0.309 e. The summed E-state index contributed by atoms with van der Waals surface area (Å²) in [5, 5.41) is 10.8. The van der Waals surface area contributed by atoms with Crippen LogP contribution in [0.1, 0.15) is 73.6 Å². The minimum absolute atomic E-state index is 0.00340. The third kappa shape index (κ3) is 9.87. The molecule has 0 aliphatic carbocycles. The number of hydrogen-bond donors (Lipinski definition) is 1. The van der Waals surface area contributed by atoms with Gasteiger partial charge in [0.05, 0.1) is 24.0 Å². The number of Topliss-reactive ketones (excluding diaryl/α,β-unsaturated/α-hetero) is 1. The lowest BCUT2D eigenvalue weighted by molar-refractivity contribution is -0.155. The molecule has 5 nitrogen and oxygen atoms in total. The molecule has 0 bridgehead atoms. The molecule has 0 amide bonds. The van der Waals surface area contributed by atoms with E-state index in [1.165, 1.54) is 7.11 Å². The summed E-state index contributed by atoms with van der Waals surface area (Å²) < 4.78 is 13.1. The summed E-state index contributed by atoms with van der Waals surface area (Å²) in [4.78, 5) is 26.0.